The summed E-state index contributed by atoms with van der Waals surface area (Å²) in [5, 5.41) is 0.449. The third kappa shape index (κ3) is 4.46. The second-order valence-electron chi connectivity index (χ2n) is 4.28. The first-order valence-electron chi connectivity index (χ1n) is 6.05. The van der Waals surface area contributed by atoms with Crippen LogP contribution in [0.1, 0.15) is 16.4 Å². The molecule has 21 heavy (non-hydrogen) atoms. The molecule has 0 saturated carbocycles. The Kier molecular flexibility index (Phi) is 5.29. The fourth-order valence-corrected chi connectivity index (χ4v) is 3.07. The molecule has 1 heterocycles. The Morgan fingerprint density at radius 2 is 2.00 bits per heavy atom. The summed E-state index contributed by atoms with van der Waals surface area (Å²) >= 11 is 4.73. The molecule has 1 aromatic heterocycles. The zero-order chi connectivity index (χ0) is 15.5. The summed E-state index contributed by atoms with van der Waals surface area (Å²) in [6, 6.07) is 10.1. The van der Waals surface area contributed by atoms with E-state index in [0.29, 0.717) is 11.6 Å². The van der Waals surface area contributed by atoms with Gasteiger partial charge in [-0.2, -0.15) is 13.2 Å². The van der Waals surface area contributed by atoms with Crippen LogP contribution in [0.4, 0.5) is 13.2 Å². The highest BCUT2D eigenvalue weighted by Crippen LogP contribution is 2.35. The van der Waals surface area contributed by atoms with Gasteiger partial charge in [-0.3, -0.25) is 0 Å². The van der Waals surface area contributed by atoms with Crippen molar-refractivity contribution in [3.63, 3.8) is 0 Å². The van der Waals surface area contributed by atoms with E-state index in [0.717, 1.165) is 22.3 Å². The normalized spacial score (nSPS) is 13.2. The summed E-state index contributed by atoms with van der Waals surface area (Å²) in [6.07, 6.45) is -3.52. The smallest absolute Gasteiger partial charge is 0.329 e. The summed E-state index contributed by atoms with van der Waals surface area (Å²) in [5.41, 5.74) is 6.01. The van der Waals surface area contributed by atoms with E-state index < -0.39 is 11.7 Å². The van der Waals surface area contributed by atoms with Gasteiger partial charge in [-0.15, -0.1) is 0 Å². The molecule has 0 fully saturated rings. The number of alkyl halides is 3. The Hall–Kier alpha value is -1.05. The maximum absolute atomic E-state index is 12.5. The van der Waals surface area contributed by atoms with Crippen molar-refractivity contribution in [1.82, 2.24) is 4.98 Å². The number of halogens is 4. The van der Waals surface area contributed by atoms with Crippen molar-refractivity contribution in [2.75, 3.05) is 6.54 Å². The van der Waals surface area contributed by atoms with Crippen LogP contribution >= 0.6 is 27.7 Å². The number of hydrogen-bond acceptors (Lipinski definition) is 3. The zero-order valence-electron chi connectivity index (χ0n) is 10.8. The fourth-order valence-electron chi connectivity index (χ4n) is 1.72. The van der Waals surface area contributed by atoms with Gasteiger partial charge in [-0.1, -0.05) is 39.8 Å². The van der Waals surface area contributed by atoms with Gasteiger partial charge >= 0.3 is 6.18 Å². The van der Waals surface area contributed by atoms with Gasteiger partial charge in [0.2, 0.25) is 0 Å². The van der Waals surface area contributed by atoms with Gasteiger partial charge in [-0.05, 0) is 29.8 Å². The van der Waals surface area contributed by atoms with E-state index in [2.05, 4.69) is 20.9 Å². The van der Waals surface area contributed by atoms with E-state index in [-0.39, 0.29) is 5.25 Å². The molecule has 1 aromatic carbocycles. The lowest BCUT2D eigenvalue weighted by atomic mass is 10.1. The molecule has 0 spiro atoms. The molecule has 0 saturated heterocycles. The van der Waals surface area contributed by atoms with Crippen LogP contribution in [0.5, 0.6) is 0 Å². The topological polar surface area (TPSA) is 38.9 Å². The number of nitrogens with two attached hydrogens (primary N) is 1. The molecule has 0 radical (unpaired) electrons. The van der Waals surface area contributed by atoms with Crippen LogP contribution < -0.4 is 5.73 Å². The Labute approximate surface area is 133 Å². The van der Waals surface area contributed by atoms with Gasteiger partial charge in [0.05, 0.1) is 10.6 Å². The van der Waals surface area contributed by atoms with Crippen LogP contribution in [0.25, 0.3) is 0 Å². The van der Waals surface area contributed by atoms with Gasteiger partial charge < -0.3 is 5.73 Å². The summed E-state index contributed by atoms with van der Waals surface area (Å²) in [7, 11) is 0. The molecule has 0 aliphatic heterocycles. The molecular formula is C14H12BrF3N2S. The van der Waals surface area contributed by atoms with E-state index in [1.807, 2.05) is 24.3 Å². The summed E-state index contributed by atoms with van der Waals surface area (Å²) in [5.74, 6) is 0. The monoisotopic (exact) mass is 376 g/mol. The second kappa shape index (κ2) is 6.81. The van der Waals surface area contributed by atoms with Crippen LogP contribution in [-0.2, 0) is 6.18 Å². The Balaban J connectivity index is 2.15. The lowest BCUT2D eigenvalue weighted by Gasteiger charge is -2.15. The maximum atomic E-state index is 12.5. The molecule has 0 amide bonds. The summed E-state index contributed by atoms with van der Waals surface area (Å²) in [4.78, 5) is 3.86. The van der Waals surface area contributed by atoms with Crippen molar-refractivity contribution in [3.8, 4) is 0 Å². The van der Waals surface area contributed by atoms with Crippen molar-refractivity contribution >= 4 is 27.7 Å². The Morgan fingerprint density at radius 3 is 2.52 bits per heavy atom. The van der Waals surface area contributed by atoms with Crippen molar-refractivity contribution < 1.29 is 13.2 Å². The molecule has 2 nitrogen and oxygen atoms in total. The van der Waals surface area contributed by atoms with E-state index in [4.69, 9.17) is 5.73 Å². The maximum Gasteiger partial charge on any atom is 0.417 e. The minimum atomic E-state index is -4.37. The number of nitrogens with zero attached hydrogens (tertiary/aromatic N) is 1. The SMILES string of the molecule is NCC(Sc1ccc(C(F)(F)F)cn1)c1cccc(Br)c1. The van der Waals surface area contributed by atoms with Gasteiger partial charge in [0.1, 0.15) is 0 Å². The molecule has 2 N–H and O–H groups in total. The van der Waals surface area contributed by atoms with E-state index in [9.17, 15) is 13.2 Å². The zero-order valence-corrected chi connectivity index (χ0v) is 13.2. The highest BCUT2D eigenvalue weighted by atomic mass is 79.9. The number of hydrogen-bond donors (Lipinski definition) is 1. The minimum Gasteiger partial charge on any atom is -0.329 e. The predicted molar refractivity (Wildman–Crippen MR) is 81.0 cm³/mol. The standard InChI is InChI=1S/C14H12BrF3N2S/c15-11-3-1-2-9(6-11)12(7-19)21-13-5-4-10(8-20-13)14(16,17)18/h1-6,8,12H,7,19H2. The molecule has 0 bridgehead atoms. The van der Waals surface area contributed by atoms with Gasteiger partial charge in [0, 0.05) is 22.5 Å². The van der Waals surface area contributed by atoms with Crippen LogP contribution in [0.15, 0.2) is 52.1 Å². The van der Waals surface area contributed by atoms with Crippen LogP contribution in [-0.4, -0.2) is 11.5 Å². The molecule has 1 unspecified atom stereocenters. The van der Waals surface area contributed by atoms with Crippen molar-refractivity contribution in [3.05, 3.63) is 58.2 Å². The number of benzene rings is 1. The minimum absolute atomic E-state index is 0.0632. The lowest BCUT2D eigenvalue weighted by molar-refractivity contribution is -0.137. The molecule has 112 valence electrons. The van der Waals surface area contributed by atoms with E-state index in [1.54, 1.807) is 0 Å². The van der Waals surface area contributed by atoms with Crippen LogP contribution in [0.2, 0.25) is 0 Å². The van der Waals surface area contributed by atoms with Crippen molar-refractivity contribution in [2.24, 2.45) is 5.73 Å². The molecule has 7 heteroatoms. The van der Waals surface area contributed by atoms with E-state index >= 15 is 0 Å². The van der Waals surface area contributed by atoms with Crippen LogP contribution in [0, 0.1) is 0 Å². The number of aromatic nitrogens is 1. The first kappa shape index (κ1) is 16.3. The number of thioether (sulfide) groups is 1. The third-order valence-electron chi connectivity index (χ3n) is 2.76. The van der Waals surface area contributed by atoms with Crippen molar-refractivity contribution in [1.29, 1.82) is 0 Å². The molecule has 0 aliphatic carbocycles. The highest BCUT2D eigenvalue weighted by molar-refractivity contribution is 9.10. The summed E-state index contributed by atoms with van der Waals surface area (Å²) in [6.45, 7) is 0.365. The number of pyridine rings is 1. The molecular weight excluding hydrogens is 365 g/mol. The van der Waals surface area contributed by atoms with Crippen LogP contribution in [0.3, 0.4) is 0 Å². The molecule has 2 rings (SSSR count). The first-order valence-corrected chi connectivity index (χ1v) is 7.73. The Bertz CT molecular complexity index is 602. The van der Waals surface area contributed by atoms with Crippen molar-refractivity contribution in [2.45, 2.75) is 16.5 Å². The average molecular weight is 377 g/mol. The number of rotatable bonds is 4. The molecule has 0 aliphatic rings. The second-order valence-corrected chi connectivity index (χ2v) is 6.42. The van der Waals surface area contributed by atoms with E-state index in [1.165, 1.54) is 17.8 Å². The Morgan fingerprint density at radius 1 is 1.24 bits per heavy atom. The fraction of sp³-hybridized carbons (Fsp3) is 0.214. The third-order valence-corrected chi connectivity index (χ3v) is 4.49. The molecule has 2 aromatic rings. The molecule has 1 atom stereocenters. The van der Waals surface area contributed by atoms with Gasteiger partial charge in [0.15, 0.2) is 0 Å². The average Bonchev–Trinajstić information content (AvgIpc) is 2.44. The lowest BCUT2D eigenvalue weighted by Crippen LogP contribution is -2.10. The van der Waals surface area contributed by atoms with Gasteiger partial charge in [-0.25, -0.2) is 4.98 Å². The summed E-state index contributed by atoms with van der Waals surface area (Å²) < 4.78 is 38.4. The highest BCUT2D eigenvalue weighted by Gasteiger charge is 2.30. The largest absolute Gasteiger partial charge is 0.417 e. The van der Waals surface area contributed by atoms with Gasteiger partial charge in [0.25, 0.3) is 0 Å². The predicted octanol–water partition coefficient (Wildman–Crippen LogP) is 4.66. The quantitative estimate of drug-likeness (QED) is 0.788. The first-order chi connectivity index (χ1) is 9.90.